The molecule has 0 aromatic rings. The minimum Gasteiger partial charge on any atom is -0.390 e. The van der Waals surface area contributed by atoms with Crippen LogP contribution in [0.1, 0.15) is 47.0 Å². The fourth-order valence-corrected chi connectivity index (χ4v) is 6.25. The number of hydrogen-bond acceptors (Lipinski definition) is 5. The Hall–Kier alpha value is -1.04. The zero-order valence-corrected chi connectivity index (χ0v) is 15.3. The molecule has 4 aliphatic rings. The second kappa shape index (κ2) is 5.02. The Balaban J connectivity index is 1.93. The molecule has 0 aromatic carbocycles. The summed E-state index contributed by atoms with van der Waals surface area (Å²) in [4.78, 5) is 26.3. The number of carbonyl (C=O) groups excluding carboxylic acids is 2. The molecule has 5 nitrogen and oxygen atoms in total. The average Bonchev–Trinajstić information content (AvgIpc) is 3.23. The Labute approximate surface area is 148 Å². The van der Waals surface area contributed by atoms with E-state index in [0.717, 1.165) is 6.42 Å². The Morgan fingerprint density at radius 3 is 2.24 bits per heavy atom. The number of aliphatic hydroxyl groups is 3. The Morgan fingerprint density at radius 2 is 1.68 bits per heavy atom. The first kappa shape index (κ1) is 17.4. The van der Waals surface area contributed by atoms with Crippen molar-refractivity contribution in [1.29, 1.82) is 0 Å². The summed E-state index contributed by atoms with van der Waals surface area (Å²) < 4.78 is 0. The summed E-state index contributed by atoms with van der Waals surface area (Å²) in [6.07, 6.45) is -1.67. The summed E-state index contributed by atoms with van der Waals surface area (Å²) in [5.41, 5.74) is -1.36. The summed E-state index contributed by atoms with van der Waals surface area (Å²) in [7, 11) is 0. The number of ketones is 2. The fourth-order valence-electron chi connectivity index (χ4n) is 6.25. The van der Waals surface area contributed by atoms with Gasteiger partial charge in [0, 0.05) is 22.5 Å². The minimum atomic E-state index is -1.34. The molecule has 1 spiro atoms. The van der Waals surface area contributed by atoms with Gasteiger partial charge in [0.2, 0.25) is 0 Å². The van der Waals surface area contributed by atoms with Crippen LogP contribution in [0.3, 0.4) is 0 Å². The maximum absolute atomic E-state index is 13.2. The summed E-state index contributed by atoms with van der Waals surface area (Å²) >= 11 is 0. The van der Waals surface area contributed by atoms with Gasteiger partial charge < -0.3 is 15.3 Å². The fraction of sp³-hybridized carbons (Fsp3) is 0.800. The van der Waals surface area contributed by atoms with E-state index in [-0.39, 0.29) is 29.1 Å². The second-order valence-corrected chi connectivity index (χ2v) is 9.28. The third-order valence-corrected chi connectivity index (χ3v) is 8.16. The lowest BCUT2D eigenvalue weighted by molar-refractivity contribution is -0.150. The number of hydrogen-bond donors (Lipinski definition) is 3. The number of rotatable bonds is 0. The van der Waals surface area contributed by atoms with Crippen LogP contribution < -0.4 is 0 Å². The van der Waals surface area contributed by atoms with E-state index in [1.165, 1.54) is 0 Å². The van der Waals surface area contributed by atoms with Gasteiger partial charge in [-0.1, -0.05) is 27.7 Å². The lowest BCUT2D eigenvalue weighted by Crippen LogP contribution is -2.61. The molecular formula is C20H28O5. The van der Waals surface area contributed by atoms with E-state index in [1.54, 1.807) is 0 Å². The first-order valence-electron chi connectivity index (χ1n) is 9.47. The predicted molar refractivity (Wildman–Crippen MR) is 90.4 cm³/mol. The van der Waals surface area contributed by atoms with Crippen LogP contribution in [0, 0.1) is 34.5 Å². The van der Waals surface area contributed by atoms with Crippen molar-refractivity contribution >= 4 is 11.6 Å². The largest absolute Gasteiger partial charge is 0.390 e. The molecular weight excluding hydrogens is 320 g/mol. The van der Waals surface area contributed by atoms with Gasteiger partial charge >= 0.3 is 0 Å². The number of carbonyl (C=O) groups is 2. The third-order valence-electron chi connectivity index (χ3n) is 8.16. The molecule has 0 aliphatic heterocycles. The normalized spacial score (nSPS) is 55.2. The zero-order chi connectivity index (χ0) is 18.5. The number of Topliss-reactive ketones (excluding diaryl/α,β-unsaturated/α-hetero) is 2. The Bertz CT molecular complexity index is 696. The van der Waals surface area contributed by atoms with Crippen molar-refractivity contribution in [3.8, 4) is 0 Å². The van der Waals surface area contributed by atoms with Gasteiger partial charge in [-0.3, -0.25) is 9.59 Å². The summed E-state index contributed by atoms with van der Waals surface area (Å²) in [6, 6.07) is 0. The van der Waals surface area contributed by atoms with Crippen LogP contribution in [-0.4, -0.2) is 45.2 Å². The Morgan fingerprint density at radius 1 is 1.08 bits per heavy atom. The van der Waals surface area contributed by atoms with E-state index < -0.39 is 34.9 Å². The van der Waals surface area contributed by atoms with Crippen LogP contribution in [0.5, 0.6) is 0 Å². The van der Waals surface area contributed by atoms with Crippen molar-refractivity contribution in [2.75, 3.05) is 0 Å². The minimum absolute atomic E-state index is 0.0758. The topological polar surface area (TPSA) is 94.8 Å². The van der Waals surface area contributed by atoms with Gasteiger partial charge in [-0.05, 0) is 37.0 Å². The van der Waals surface area contributed by atoms with Crippen LogP contribution in [0.4, 0.5) is 0 Å². The van der Waals surface area contributed by atoms with E-state index >= 15 is 0 Å². The summed E-state index contributed by atoms with van der Waals surface area (Å²) in [5.74, 6) is -0.601. The predicted octanol–water partition coefficient (Wildman–Crippen LogP) is 1.25. The number of fused-ring (bicyclic) bond motifs is 2. The van der Waals surface area contributed by atoms with Crippen LogP contribution in [0.25, 0.3) is 0 Å². The first-order chi connectivity index (χ1) is 11.6. The molecule has 0 heterocycles. The van der Waals surface area contributed by atoms with Crippen LogP contribution >= 0.6 is 0 Å². The molecule has 2 fully saturated rings. The average molecular weight is 348 g/mol. The molecule has 5 heteroatoms. The Kier molecular flexibility index (Phi) is 3.49. The standard InChI is InChI=1S/C20H28O5/c1-8-5-6-19(4)12(10(8)3)15(22)14(21)11-13(19)16(23)18(25)20(17(11)24)7-9(20)2/h8-10,12,14-15,18,21-22,25H,5-7H2,1-4H3/t8-,9+,10+,12-,14+,15+,18+,19+,20-/m1/s1. The SMILES string of the molecule is C[C@@H]1[C@@H]2[C@H](O)[C@@H](O)C3=C(C(=O)[C@H](O)[C@@]4(C[C@@H]4C)C3=O)[C@@]2(C)CC[C@H]1C. The monoisotopic (exact) mass is 348 g/mol. The lowest BCUT2D eigenvalue weighted by atomic mass is 9.48. The van der Waals surface area contributed by atoms with Crippen LogP contribution in [-0.2, 0) is 9.59 Å². The van der Waals surface area contributed by atoms with Crippen molar-refractivity contribution in [3.05, 3.63) is 11.1 Å². The van der Waals surface area contributed by atoms with E-state index in [2.05, 4.69) is 6.92 Å². The number of aliphatic hydroxyl groups excluding tert-OH is 3. The molecule has 0 amide bonds. The molecule has 0 radical (unpaired) electrons. The highest BCUT2D eigenvalue weighted by molar-refractivity contribution is 6.19. The highest BCUT2D eigenvalue weighted by Crippen LogP contribution is 2.65. The van der Waals surface area contributed by atoms with E-state index in [9.17, 15) is 24.9 Å². The van der Waals surface area contributed by atoms with Crippen molar-refractivity contribution < 1.29 is 24.9 Å². The maximum Gasteiger partial charge on any atom is 0.189 e. The van der Waals surface area contributed by atoms with Gasteiger partial charge in [0.15, 0.2) is 11.6 Å². The molecule has 0 unspecified atom stereocenters. The van der Waals surface area contributed by atoms with Crippen molar-refractivity contribution in [1.82, 2.24) is 0 Å². The first-order valence-corrected chi connectivity index (χ1v) is 9.47. The van der Waals surface area contributed by atoms with Gasteiger partial charge in [0.05, 0.1) is 11.5 Å². The molecule has 25 heavy (non-hydrogen) atoms. The van der Waals surface area contributed by atoms with Crippen molar-refractivity contribution in [3.63, 3.8) is 0 Å². The van der Waals surface area contributed by atoms with Gasteiger partial charge in [0.25, 0.3) is 0 Å². The molecule has 4 aliphatic carbocycles. The smallest absolute Gasteiger partial charge is 0.189 e. The third kappa shape index (κ3) is 1.84. The highest BCUT2D eigenvalue weighted by atomic mass is 16.3. The molecule has 4 rings (SSSR count). The van der Waals surface area contributed by atoms with Crippen molar-refractivity contribution in [2.45, 2.75) is 65.3 Å². The van der Waals surface area contributed by atoms with Gasteiger partial charge in [-0.15, -0.1) is 0 Å². The van der Waals surface area contributed by atoms with Gasteiger partial charge in [-0.2, -0.15) is 0 Å². The summed E-state index contributed by atoms with van der Waals surface area (Å²) in [6.45, 7) is 7.94. The zero-order valence-electron chi connectivity index (χ0n) is 15.3. The highest BCUT2D eigenvalue weighted by Gasteiger charge is 2.71. The molecule has 138 valence electrons. The molecule has 0 saturated heterocycles. The lowest BCUT2D eigenvalue weighted by Gasteiger charge is -2.56. The maximum atomic E-state index is 13.2. The molecule has 3 N–H and O–H groups in total. The van der Waals surface area contributed by atoms with E-state index in [1.807, 2.05) is 20.8 Å². The van der Waals surface area contributed by atoms with E-state index in [0.29, 0.717) is 24.3 Å². The van der Waals surface area contributed by atoms with Crippen LogP contribution in [0.2, 0.25) is 0 Å². The second-order valence-electron chi connectivity index (χ2n) is 9.28. The van der Waals surface area contributed by atoms with Crippen LogP contribution in [0.15, 0.2) is 11.1 Å². The molecule has 9 atom stereocenters. The quantitative estimate of drug-likeness (QED) is 0.612. The van der Waals surface area contributed by atoms with E-state index in [4.69, 9.17) is 0 Å². The molecule has 0 aromatic heterocycles. The van der Waals surface area contributed by atoms with Gasteiger partial charge in [-0.25, -0.2) is 0 Å². The molecule has 0 bridgehead atoms. The molecule has 2 saturated carbocycles. The summed E-state index contributed by atoms with van der Waals surface area (Å²) in [5, 5.41) is 32.3. The van der Waals surface area contributed by atoms with Gasteiger partial charge in [0.1, 0.15) is 12.2 Å². The van der Waals surface area contributed by atoms with Crippen molar-refractivity contribution in [2.24, 2.45) is 34.5 Å².